The predicted molar refractivity (Wildman–Crippen MR) is 156 cm³/mol. The minimum atomic E-state index is -1.04. The van der Waals surface area contributed by atoms with E-state index < -0.39 is 29.9 Å². The molecule has 0 radical (unpaired) electrons. The number of nitrogens with zero attached hydrogens (tertiary/aromatic N) is 4. The van der Waals surface area contributed by atoms with Gasteiger partial charge in [0.2, 0.25) is 0 Å². The Balaban J connectivity index is 1.92. The largest absolute Gasteiger partial charge is 0.480 e. The monoisotopic (exact) mass is 584 g/mol. The Morgan fingerprint density at radius 3 is 1.67 bits per heavy atom. The second-order valence-corrected chi connectivity index (χ2v) is 10.8. The van der Waals surface area contributed by atoms with Gasteiger partial charge in [-0.2, -0.15) is 0 Å². The lowest BCUT2D eigenvalue weighted by atomic mass is 9.98. The van der Waals surface area contributed by atoms with E-state index in [1.54, 1.807) is 19.6 Å². The summed E-state index contributed by atoms with van der Waals surface area (Å²) in [4.78, 5) is 53.5. The third kappa shape index (κ3) is 11.2. The fourth-order valence-corrected chi connectivity index (χ4v) is 5.29. The van der Waals surface area contributed by atoms with Crippen molar-refractivity contribution in [3.63, 3.8) is 0 Å². The van der Waals surface area contributed by atoms with Crippen LogP contribution in [0.2, 0.25) is 0 Å². The number of aryl methyl sites for hydroxylation is 1. The molecule has 0 amide bonds. The Hall–Kier alpha value is -3.84. The molecule has 228 valence electrons. The molecule has 1 atom stereocenters. The average Bonchev–Trinajstić information content (AvgIpc) is 2.90. The molecule has 0 spiro atoms. The SMILES string of the molecule is Cc1cccc(-c2ccc(CC3CN(CC(=O)O)CCN(CC(=O)O)CCN(CC(=O)O)CCN3CC(=O)O)cc2)c1. The van der Waals surface area contributed by atoms with Crippen molar-refractivity contribution in [3.05, 3.63) is 59.7 Å². The van der Waals surface area contributed by atoms with Crippen molar-refractivity contribution < 1.29 is 39.6 Å². The van der Waals surface area contributed by atoms with Crippen LogP contribution in [-0.4, -0.2) is 142 Å². The normalized spacial score (nSPS) is 18.5. The zero-order chi connectivity index (χ0) is 30.6. The van der Waals surface area contributed by atoms with Crippen molar-refractivity contribution >= 4 is 23.9 Å². The maximum atomic E-state index is 11.9. The fraction of sp³-hybridized carbons (Fsp3) is 0.467. The van der Waals surface area contributed by atoms with E-state index in [2.05, 4.69) is 6.07 Å². The van der Waals surface area contributed by atoms with Crippen LogP contribution in [-0.2, 0) is 25.6 Å². The molecule has 0 bridgehead atoms. The Labute approximate surface area is 245 Å². The van der Waals surface area contributed by atoms with Crippen LogP contribution in [0.5, 0.6) is 0 Å². The maximum absolute atomic E-state index is 11.9. The van der Waals surface area contributed by atoms with Crippen LogP contribution < -0.4 is 0 Å². The summed E-state index contributed by atoms with van der Waals surface area (Å²) in [6, 6.07) is 15.7. The van der Waals surface area contributed by atoms with E-state index in [-0.39, 0.29) is 72.0 Å². The number of carboxylic acid groups (broad SMARTS) is 4. The molecule has 42 heavy (non-hydrogen) atoms. The second-order valence-electron chi connectivity index (χ2n) is 10.8. The zero-order valence-electron chi connectivity index (χ0n) is 23.9. The summed E-state index contributed by atoms with van der Waals surface area (Å²) in [5.74, 6) is -4.14. The molecule has 1 heterocycles. The Bertz CT molecular complexity index is 1220. The highest BCUT2D eigenvalue weighted by molar-refractivity contribution is 5.70. The molecular formula is C30H40N4O8. The first-order chi connectivity index (χ1) is 20.0. The predicted octanol–water partition coefficient (Wildman–Crippen LogP) is 1.13. The van der Waals surface area contributed by atoms with Gasteiger partial charge in [0, 0.05) is 51.9 Å². The Morgan fingerprint density at radius 1 is 0.643 bits per heavy atom. The lowest BCUT2D eigenvalue weighted by Crippen LogP contribution is -2.53. The maximum Gasteiger partial charge on any atom is 0.317 e. The lowest BCUT2D eigenvalue weighted by molar-refractivity contribution is -0.142. The van der Waals surface area contributed by atoms with Crippen LogP contribution in [0.3, 0.4) is 0 Å². The minimum Gasteiger partial charge on any atom is -0.480 e. The van der Waals surface area contributed by atoms with Crippen LogP contribution in [0, 0.1) is 6.92 Å². The molecule has 3 rings (SSSR count). The minimum absolute atomic E-state index is 0.235. The van der Waals surface area contributed by atoms with Gasteiger partial charge in [-0.3, -0.25) is 38.8 Å². The van der Waals surface area contributed by atoms with Crippen LogP contribution in [0.1, 0.15) is 11.1 Å². The topological polar surface area (TPSA) is 162 Å². The van der Waals surface area contributed by atoms with E-state index in [9.17, 15) is 39.6 Å². The van der Waals surface area contributed by atoms with Crippen molar-refractivity contribution in [2.45, 2.75) is 19.4 Å². The van der Waals surface area contributed by atoms with Gasteiger partial charge in [0.1, 0.15) is 0 Å². The third-order valence-corrected chi connectivity index (χ3v) is 7.35. The first-order valence-electron chi connectivity index (χ1n) is 13.9. The van der Waals surface area contributed by atoms with Crippen molar-refractivity contribution in [1.82, 2.24) is 19.6 Å². The van der Waals surface area contributed by atoms with Gasteiger partial charge in [0.15, 0.2) is 0 Å². The number of aliphatic carboxylic acids is 4. The third-order valence-electron chi connectivity index (χ3n) is 7.35. The van der Waals surface area contributed by atoms with Gasteiger partial charge < -0.3 is 20.4 Å². The van der Waals surface area contributed by atoms with Crippen LogP contribution in [0.15, 0.2) is 48.5 Å². The van der Waals surface area contributed by atoms with Crippen LogP contribution in [0.4, 0.5) is 0 Å². The van der Waals surface area contributed by atoms with Gasteiger partial charge in [-0.1, -0.05) is 54.1 Å². The first kappa shape index (κ1) is 32.7. The van der Waals surface area contributed by atoms with E-state index in [0.717, 1.165) is 22.3 Å². The van der Waals surface area contributed by atoms with Crippen molar-refractivity contribution in [3.8, 4) is 11.1 Å². The molecule has 1 unspecified atom stereocenters. The number of carboxylic acids is 4. The molecule has 12 nitrogen and oxygen atoms in total. The van der Waals surface area contributed by atoms with E-state index >= 15 is 0 Å². The van der Waals surface area contributed by atoms with Crippen molar-refractivity contribution in [2.75, 3.05) is 72.0 Å². The molecule has 1 saturated heterocycles. The number of benzene rings is 2. The number of rotatable bonds is 11. The second kappa shape index (κ2) is 16.0. The Morgan fingerprint density at radius 2 is 1.14 bits per heavy atom. The van der Waals surface area contributed by atoms with E-state index in [1.807, 2.05) is 49.4 Å². The smallest absolute Gasteiger partial charge is 0.317 e. The van der Waals surface area contributed by atoms with E-state index in [4.69, 9.17) is 0 Å². The van der Waals surface area contributed by atoms with Gasteiger partial charge >= 0.3 is 23.9 Å². The number of carbonyl (C=O) groups is 4. The summed E-state index contributed by atoms with van der Waals surface area (Å²) < 4.78 is 0. The van der Waals surface area contributed by atoms with Gasteiger partial charge in [0.25, 0.3) is 0 Å². The first-order valence-corrected chi connectivity index (χ1v) is 13.9. The highest BCUT2D eigenvalue weighted by Crippen LogP contribution is 2.22. The van der Waals surface area contributed by atoms with E-state index in [1.165, 1.54) is 0 Å². The van der Waals surface area contributed by atoms with Crippen LogP contribution >= 0.6 is 0 Å². The molecule has 0 saturated carbocycles. The molecule has 1 aliphatic heterocycles. The molecular weight excluding hydrogens is 544 g/mol. The van der Waals surface area contributed by atoms with Gasteiger partial charge in [-0.25, -0.2) is 0 Å². The summed E-state index contributed by atoms with van der Waals surface area (Å²) in [7, 11) is 0. The number of hydrogen-bond acceptors (Lipinski definition) is 8. The summed E-state index contributed by atoms with van der Waals surface area (Å²) in [6.07, 6.45) is 0.440. The molecule has 1 aliphatic rings. The summed E-state index contributed by atoms with van der Waals surface area (Å²) in [5, 5.41) is 38.2. The summed E-state index contributed by atoms with van der Waals surface area (Å²) in [5.41, 5.74) is 4.21. The molecule has 4 N–H and O–H groups in total. The summed E-state index contributed by atoms with van der Waals surface area (Å²) >= 11 is 0. The lowest BCUT2D eigenvalue weighted by Gasteiger charge is -2.37. The van der Waals surface area contributed by atoms with Crippen LogP contribution in [0.25, 0.3) is 11.1 Å². The highest BCUT2D eigenvalue weighted by Gasteiger charge is 2.27. The van der Waals surface area contributed by atoms with Crippen molar-refractivity contribution in [1.29, 1.82) is 0 Å². The van der Waals surface area contributed by atoms with Gasteiger partial charge in [-0.15, -0.1) is 0 Å². The van der Waals surface area contributed by atoms with Gasteiger partial charge in [0.05, 0.1) is 26.2 Å². The quantitative estimate of drug-likeness (QED) is 0.298. The molecule has 1 fully saturated rings. The van der Waals surface area contributed by atoms with E-state index in [0.29, 0.717) is 6.42 Å². The summed E-state index contributed by atoms with van der Waals surface area (Å²) in [6.45, 7) is 2.71. The van der Waals surface area contributed by atoms with Crippen molar-refractivity contribution in [2.24, 2.45) is 0 Å². The Kier molecular flexibility index (Phi) is 12.4. The van der Waals surface area contributed by atoms with Gasteiger partial charge in [-0.05, 0) is 30.0 Å². The number of hydrogen-bond donors (Lipinski definition) is 4. The molecule has 2 aromatic carbocycles. The fourth-order valence-electron chi connectivity index (χ4n) is 5.29. The molecule has 0 aliphatic carbocycles. The highest BCUT2D eigenvalue weighted by atomic mass is 16.4. The standard InChI is InChI=1S/C30H40N4O8/c1-22-3-2-4-25(15-22)24-7-5-23(6-8-24)16-26-17-33(20-29(39)40)12-11-31(18-27(35)36)9-10-32(19-28(37)38)13-14-34(26)21-30(41)42/h2-8,15,26H,9-14,16-21H2,1H3,(H,35,36)(H,37,38)(H,39,40)(H,41,42). The molecule has 2 aromatic rings. The molecule has 12 heteroatoms. The molecule has 0 aromatic heterocycles. The average molecular weight is 585 g/mol. The zero-order valence-corrected chi connectivity index (χ0v) is 23.9.